The van der Waals surface area contributed by atoms with E-state index in [9.17, 15) is 9.59 Å². The number of benzene rings is 1. The highest BCUT2D eigenvalue weighted by Crippen LogP contribution is 2.50. The van der Waals surface area contributed by atoms with Gasteiger partial charge in [-0.3, -0.25) is 9.59 Å². The average Bonchev–Trinajstić information content (AvgIpc) is 3.60. The summed E-state index contributed by atoms with van der Waals surface area (Å²) in [5, 5.41) is 4.79. The van der Waals surface area contributed by atoms with Crippen LogP contribution < -0.4 is 0 Å². The lowest BCUT2D eigenvalue weighted by Crippen LogP contribution is -2.38. The molecule has 2 aromatic heterocycles. The van der Waals surface area contributed by atoms with E-state index in [1.54, 1.807) is 29.6 Å². The molecular formula is C30H35FN4O3. The molecule has 7 nitrogen and oxygen atoms in total. The van der Waals surface area contributed by atoms with Crippen molar-refractivity contribution in [1.29, 1.82) is 0 Å². The van der Waals surface area contributed by atoms with Crippen molar-refractivity contribution in [3.63, 3.8) is 0 Å². The second-order valence-corrected chi connectivity index (χ2v) is 11.1. The second kappa shape index (κ2) is 10.1. The van der Waals surface area contributed by atoms with Crippen LogP contribution in [0.3, 0.4) is 0 Å². The van der Waals surface area contributed by atoms with E-state index in [-0.39, 0.29) is 35.6 Å². The van der Waals surface area contributed by atoms with Crippen LogP contribution in [0.15, 0.2) is 30.3 Å². The Morgan fingerprint density at radius 3 is 2.71 bits per heavy atom. The van der Waals surface area contributed by atoms with Crippen LogP contribution in [0.4, 0.5) is 4.39 Å². The topological polar surface area (TPSA) is 76.8 Å². The number of carbonyl (C=O) groups excluding carboxylic acids is 2. The first-order valence-corrected chi connectivity index (χ1v) is 14.1. The maximum absolute atomic E-state index is 15.8. The minimum atomic E-state index is -0.354. The quantitative estimate of drug-likeness (QED) is 0.381. The van der Waals surface area contributed by atoms with E-state index >= 15 is 4.39 Å². The highest BCUT2D eigenvalue weighted by molar-refractivity contribution is 5.93. The molecule has 3 aromatic rings. The highest BCUT2D eigenvalue weighted by atomic mass is 19.1. The lowest BCUT2D eigenvalue weighted by Gasteiger charge is -2.29. The number of amides is 1. The van der Waals surface area contributed by atoms with Crippen LogP contribution in [0, 0.1) is 11.7 Å². The van der Waals surface area contributed by atoms with Gasteiger partial charge in [0.2, 0.25) is 0 Å². The Bertz CT molecular complexity index is 1380. The molecule has 1 unspecified atom stereocenters. The number of aromatic nitrogens is 3. The minimum Gasteiger partial charge on any atom is -0.466 e. The van der Waals surface area contributed by atoms with Crippen molar-refractivity contribution in [2.75, 3.05) is 13.2 Å². The molecule has 2 aliphatic carbocycles. The highest BCUT2D eigenvalue weighted by Gasteiger charge is 2.46. The van der Waals surface area contributed by atoms with Crippen LogP contribution in [0.5, 0.6) is 0 Å². The average molecular weight is 519 g/mol. The summed E-state index contributed by atoms with van der Waals surface area (Å²) in [4.78, 5) is 32.5. The van der Waals surface area contributed by atoms with E-state index in [4.69, 9.17) is 14.8 Å². The van der Waals surface area contributed by atoms with Gasteiger partial charge in [0.1, 0.15) is 11.5 Å². The number of fused-ring (bicyclic) bond motifs is 1. The standard InChI is InChI=1S/C30H35FN4O3/c1-3-38-30(37)23-15-22(23)20-12-8-13-21(28(20)31)24-17-27-32-25(16-26(35(27)33-24)19-10-7-11-19)29(36)34-14-6-4-5-9-18(34)2/h8,12-13,16-19,22-23H,3-7,9-11,14-15H2,1-2H3/t18-,22?,23+/m1/s1. The number of ether oxygens (including phenoxy) is 1. The van der Waals surface area contributed by atoms with Crippen molar-refractivity contribution >= 4 is 17.5 Å². The number of rotatable bonds is 6. The summed E-state index contributed by atoms with van der Waals surface area (Å²) < 4.78 is 22.7. The zero-order chi connectivity index (χ0) is 26.4. The van der Waals surface area contributed by atoms with E-state index in [0.29, 0.717) is 47.1 Å². The summed E-state index contributed by atoms with van der Waals surface area (Å²) >= 11 is 0. The molecule has 0 radical (unpaired) electrons. The fraction of sp³-hybridized carbons (Fsp3) is 0.533. The van der Waals surface area contributed by atoms with Crippen LogP contribution in [0.1, 0.15) is 98.8 Å². The van der Waals surface area contributed by atoms with Gasteiger partial charge in [-0.25, -0.2) is 13.9 Å². The van der Waals surface area contributed by atoms with Gasteiger partial charge < -0.3 is 9.64 Å². The number of hydrogen-bond acceptors (Lipinski definition) is 5. The maximum Gasteiger partial charge on any atom is 0.309 e. The third-order valence-corrected chi connectivity index (χ3v) is 8.59. The molecule has 6 rings (SSSR count). The fourth-order valence-electron chi connectivity index (χ4n) is 6.04. The Morgan fingerprint density at radius 2 is 1.95 bits per heavy atom. The SMILES string of the molecule is CCOC(=O)[C@H]1CC1c1cccc(-c2cc3nc(C(=O)N4CCCCC[C@H]4C)cc(C4CCC4)n3n2)c1F. The van der Waals surface area contributed by atoms with E-state index in [1.807, 2.05) is 17.0 Å². The second-order valence-electron chi connectivity index (χ2n) is 11.1. The molecule has 0 spiro atoms. The maximum atomic E-state index is 15.8. The summed E-state index contributed by atoms with van der Waals surface area (Å²) in [7, 11) is 0. The van der Waals surface area contributed by atoms with Gasteiger partial charge in [-0.1, -0.05) is 31.4 Å². The Balaban J connectivity index is 1.36. The Hall–Kier alpha value is -3.29. The zero-order valence-corrected chi connectivity index (χ0v) is 22.2. The predicted molar refractivity (Wildman–Crippen MR) is 141 cm³/mol. The summed E-state index contributed by atoms with van der Waals surface area (Å²) in [5.74, 6) is -0.795. The Morgan fingerprint density at radius 1 is 1.11 bits per heavy atom. The van der Waals surface area contributed by atoms with Crippen LogP contribution >= 0.6 is 0 Å². The largest absolute Gasteiger partial charge is 0.466 e. The van der Waals surface area contributed by atoms with Gasteiger partial charge in [0.15, 0.2) is 5.65 Å². The molecule has 3 fully saturated rings. The summed E-state index contributed by atoms with van der Waals surface area (Å²) in [6.07, 6.45) is 8.14. The fourth-order valence-corrected chi connectivity index (χ4v) is 6.04. The van der Waals surface area contributed by atoms with Crippen molar-refractivity contribution < 1.29 is 18.7 Å². The van der Waals surface area contributed by atoms with E-state index in [2.05, 4.69) is 6.92 Å². The van der Waals surface area contributed by atoms with Crippen molar-refractivity contribution in [3.05, 3.63) is 53.1 Å². The van der Waals surface area contributed by atoms with Gasteiger partial charge in [-0.15, -0.1) is 0 Å². The zero-order valence-electron chi connectivity index (χ0n) is 22.2. The lowest BCUT2D eigenvalue weighted by atomic mass is 9.82. The molecular weight excluding hydrogens is 483 g/mol. The molecule has 1 amide bonds. The number of halogens is 1. The number of hydrogen-bond donors (Lipinski definition) is 0. The van der Waals surface area contributed by atoms with Gasteiger partial charge in [0, 0.05) is 41.7 Å². The van der Waals surface area contributed by atoms with Crippen LogP contribution in [-0.2, 0) is 9.53 Å². The van der Waals surface area contributed by atoms with Gasteiger partial charge in [-0.05, 0) is 63.6 Å². The van der Waals surface area contributed by atoms with Gasteiger partial charge in [0.05, 0.1) is 18.2 Å². The Kier molecular flexibility index (Phi) is 6.66. The molecule has 38 heavy (non-hydrogen) atoms. The van der Waals surface area contributed by atoms with Crippen molar-refractivity contribution in [1.82, 2.24) is 19.5 Å². The summed E-state index contributed by atoms with van der Waals surface area (Å²) in [6.45, 7) is 4.97. The first kappa shape index (κ1) is 25.0. The minimum absolute atomic E-state index is 0.0304. The summed E-state index contributed by atoms with van der Waals surface area (Å²) in [6, 6.07) is 9.16. The Labute approximate surface area is 222 Å². The molecule has 1 saturated heterocycles. The molecule has 3 aliphatic rings. The van der Waals surface area contributed by atoms with Crippen molar-refractivity contribution in [3.8, 4) is 11.3 Å². The monoisotopic (exact) mass is 518 g/mol. The molecule has 3 atom stereocenters. The van der Waals surface area contributed by atoms with Crippen LogP contribution in [0.25, 0.3) is 16.9 Å². The lowest BCUT2D eigenvalue weighted by molar-refractivity contribution is -0.144. The predicted octanol–water partition coefficient (Wildman–Crippen LogP) is 5.87. The smallest absolute Gasteiger partial charge is 0.309 e. The normalized spacial score (nSPS) is 23.7. The molecule has 200 valence electrons. The van der Waals surface area contributed by atoms with Gasteiger partial charge in [-0.2, -0.15) is 5.10 Å². The molecule has 0 N–H and O–H groups in total. The third-order valence-electron chi connectivity index (χ3n) is 8.59. The summed E-state index contributed by atoms with van der Waals surface area (Å²) in [5.41, 5.74) is 3.38. The van der Waals surface area contributed by atoms with Crippen molar-refractivity contribution in [2.24, 2.45) is 5.92 Å². The third kappa shape index (κ3) is 4.48. The molecule has 1 aromatic carbocycles. The molecule has 8 heteroatoms. The first-order chi connectivity index (χ1) is 18.5. The number of esters is 1. The number of carbonyl (C=O) groups is 2. The molecule has 2 saturated carbocycles. The number of likely N-dealkylation sites (tertiary alicyclic amines) is 1. The van der Waals surface area contributed by atoms with Gasteiger partial charge >= 0.3 is 5.97 Å². The molecule has 1 aliphatic heterocycles. The molecule has 3 heterocycles. The van der Waals surface area contributed by atoms with E-state index < -0.39 is 0 Å². The first-order valence-electron chi connectivity index (χ1n) is 14.1. The van der Waals surface area contributed by atoms with Crippen molar-refractivity contribution in [2.45, 2.75) is 83.1 Å². The van der Waals surface area contributed by atoms with Gasteiger partial charge in [0.25, 0.3) is 5.91 Å². The molecule has 0 bridgehead atoms. The van der Waals surface area contributed by atoms with E-state index in [0.717, 1.165) is 57.2 Å². The number of nitrogens with zero attached hydrogens (tertiary/aromatic N) is 4. The van der Waals surface area contributed by atoms with Crippen LogP contribution in [-0.4, -0.2) is 50.6 Å². The van der Waals surface area contributed by atoms with E-state index in [1.165, 1.54) is 0 Å². The van der Waals surface area contributed by atoms with Crippen LogP contribution in [0.2, 0.25) is 0 Å².